The molecule has 2 heterocycles. The number of amides is 1. The van der Waals surface area contributed by atoms with Gasteiger partial charge in [-0.2, -0.15) is 0 Å². The molecule has 1 aliphatic heterocycles. The number of piperazine rings is 1. The largest absolute Gasteiger partial charge is 0.497 e. The summed E-state index contributed by atoms with van der Waals surface area (Å²) in [6, 6.07) is 7.98. The second-order valence-corrected chi connectivity index (χ2v) is 5.32. The highest BCUT2D eigenvalue weighted by molar-refractivity contribution is 5.92. The number of ether oxygens (including phenoxy) is 1. The third-order valence-electron chi connectivity index (χ3n) is 3.95. The molecule has 116 valence electrons. The lowest BCUT2D eigenvalue weighted by molar-refractivity contribution is 0.0704. The highest BCUT2D eigenvalue weighted by atomic mass is 16.5. The zero-order valence-electron chi connectivity index (χ0n) is 12.8. The van der Waals surface area contributed by atoms with Crippen LogP contribution >= 0.6 is 0 Å². The Kier molecular flexibility index (Phi) is 4.00. The molecule has 1 fully saturated rings. The van der Waals surface area contributed by atoms with E-state index in [-0.39, 0.29) is 5.91 Å². The first kappa shape index (κ1) is 14.4. The number of hydrogen-bond acceptors (Lipinski definition) is 5. The molecule has 22 heavy (non-hydrogen) atoms. The summed E-state index contributed by atoms with van der Waals surface area (Å²) in [5.74, 6) is 1.11. The molecule has 0 bridgehead atoms. The summed E-state index contributed by atoms with van der Waals surface area (Å²) in [7, 11) is 1.66. The van der Waals surface area contributed by atoms with Crippen molar-refractivity contribution in [1.82, 2.24) is 10.1 Å². The van der Waals surface area contributed by atoms with Crippen molar-refractivity contribution < 1.29 is 14.1 Å². The van der Waals surface area contributed by atoms with E-state index in [0.717, 1.165) is 30.1 Å². The minimum atomic E-state index is -0.0793. The fraction of sp³-hybridized carbons (Fsp3) is 0.375. The van der Waals surface area contributed by atoms with E-state index < -0.39 is 0 Å². The molecule has 6 nitrogen and oxygen atoms in total. The van der Waals surface area contributed by atoms with Gasteiger partial charge in [-0.05, 0) is 31.2 Å². The van der Waals surface area contributed by atoms with Gasteiger partial charge in [-0.3, -0.25) is 4.79 Å². The third-order valence-corrected chi connectivity index (χ3v) is 3.95. The van der Waals surface area contributed by atoms with Crippen molar-refractivity contribution in [3.63, 3.8) is 0 Å². The molecule has 0 atom stereocenters. The Morgan fingerprint density at radius 3 is 2.41 bits per heavy atom. The molecule has 1 saturated heterocycles. The van der Waals surface area contributed by atoms with E-state index in [0.29, 0.717) is 18.8 Å². The standard InChI is InChI=1S/C16H19N3O3/c1-12-11-17-22-15(12)16(20)19-9-7-18(8-10-19)13-3-5-14(21-2)6-4-13/h3-6,11H,7-10H2,1-2H3. The lowest BCUT2D eigenvalue weighted by atomic mass is 10.2. The molecule has 0 radical (unpaired) electrons. The summed E-state index contributed by atoms with van der Waals surface area (Å²) >= 11 is 0. The Labute approximate surface area is 129 Å². The second kappa shape index (κ2) is 6.09. The maximum Gasteiger partial charge on any atom is 0.292 e. The predicted molar refractivity (Wildman–Crippen MR) is 82.4 cm³/mol. The van der Waals surface area contributed by atoms with E-state index in [4.69, 9.17) is 9.26 Å². The summed E-state index contributed by atoms with van der Waals surface area (Å²) in [5.41, 5.74) is 1.92. The number of carbonyl (C=O) groups excluding carboxylic acids is 1. The van der Waals surface area contributed by atoms with Crippen LogP contribution in [-0.2, 0) is 0 Å². The highest BCUT2D eigenvalue weighted by Gasteiger charge is 2.25. The number of hydrogen-bond donors (Lipinski definition) is 0. The number of methoxy groups -OCH3 is 1. The molecule has 3 rings (SSSR count). The number of anilines is 1. The first-order valence-corrected chi connectivity index (χ1v) is 7.28. The molecular formula is C16H19N3O3. The number of benzene rings is 1. The molecule has 0 spiro atoms. The van der Waals surface area contributed by atoms with Crippen LogP contribution in [0.3, 0.4) is 0 Å². The van der Waals surface area contributed by atoms with Gasteiger partial charge in [-0.15, -0.1) is 0 Å². The summed E-state index contributed by atoms with van der Waals surface area (Å²) < 4.78 is 10.2. The number of aryl methyl sites for hydroxylation is 1. The maximum atomic E-state index is 12.4. The average Bonchev–Trinajstić information content (AvgIpc) is 3.00. The van der Waals surface area contributed by atoms with E-state index in [1.54, 1.807) is 13.3 Å². The van der Waals surface area contributed by atoms with E-state index >= 15 is 0 Å². The predicted octanol–water partition coefficient (Wildman–Crippen LogP) is 1.95. The Bertz CT molecular complexity index is 643. The van der Waals surface area contributed by atoms with Crippen LogP contribution in [0.25, 0.3) is 0 Å². The van der Waals surface area contributed by atoms with Crippen LogP contribution in [0.2, 0.25) is 0 Å². The minimum absolute atomic E-state index is 0.0793. The molecule has 0 unspecified atom stereocenters. The van der Waals surface area contributed by atoms with Crippen molar-refractivity contribution in [2.45, 2.75) is 6.92 Å². The maximum absolute atomic E-state index is 12.4. The number of aromatic nitrogens is 1. The van der Waals surface area contributed by atoms with Gasteiger partial charge in [-0.25, -0.2) is 0 Å². The van der Waals surface area contributed by atoms with E-state index in [9.17, 15) is 4.79 Å². The summed E-state index contributed by atoms with van der Waals surface area (Å²) in [4.78, 5) is 16.4. The quantitative estimate of drug-likeness (QED) is 0.867. The first-order chi connectivity index (χ1) is 10.7. The van der Waals surface area contributed by atoms with Crippen LogP contribution in [0.4, 0.5) is 5.69 Å². The zero-order chi connectivity index (χ0) is 15.5. The molecule has 1 aliphatic rings. The molecule has 6 heteroatoms. The van der Waals surface area contributed by atoms with Gasteiger partial charge in [0.25, 0.3) is 5.91 Å². The minimum Gasteiger partial charge on any atom is -0.497 e. The molecule has 1 aromatic carbocycles. The van der Waals surface area contributed by atoms with Crippen LogP contribution < -0.4 is 9.64 Å². The van der Waals surface area contributed by atoms with E-state index in [1.165, 1.54) is 0 Å². The third kappa shape index (κ3) is 2.77. The van der Waals surface area contributed by atoms with Crippen LogP contribution in [0, 0.1) is 6.92 Å². The SMILES string of the molecule is COc1ccc(N2CCN(C(=O)c3oncc3C)CC2)cc1. The van der Waals surface area contributed by atoms with E-state index in [1.807, 2.05) is 36.1 Å². The number of nitrogens with zero attached hydrogens (tertiary/aromatic N) is 3. The van der Waals surface area contributed by atoms with Gasteiger partial charge >= 0.3 is 0 Å². The van der Waals surface area contributed by atoms with Gasteiger partial charge in [0.1, 0.15) is 5.75 Å². The van der Waals surface area contributed by atoms with Crippen molar-refractivity contribution >= 4 is 11.6 Å². The summed E-state index contributed by atoms with van der Waals surface area (Å²) in [6.07, 6.45) is 1.57. The highest BCUT2D eigenvalue weighted by Crippen LogP contribution is 2.21. The van der Waals surface area contributed by atoms with Crippen molar-refractivity contribution in [3.05, 3.63) is 41.8 Å². The molecule has 0 saturated carbocycles. The number of rotatable bonds is 3. The van der Waals surface area contributed by atoms with Gasteiger partial charge in [0.2, 0.25) is 5.76 Å². The lowest BCUT2D eigenvalue weighted by Gasteiger charge is -2.35. The lowest BCUT2D eigenvalue weighted by Crippen LogP contribution is -2.48. The van der Waals surface area contributed by atoms with Crippen LogP contribution in [0.5, 0.6) is 5.75 Å². The normalized spacial score (nSPS) is 15.0. The Hall–Kier alpha value is -2.50. The Morgan fingerprint density at radius 1 is 1.18 bits per heavy atom. The molecule has 1 aromatic heterocycles. The fourth-order valence-corrected chi connectivity index (χ4v) is 2.60. The van der Waals surface area contributed by atoms with Gasteiger partial charge in [0.15, 0.2) is 0 Å². The average molecular weight is 301 g/mol. The molecular weight excluding hydrogens is 282 g/mol. The van der Waals surface area contributed by atoms with Crippen LogP contribution in [-0.4, -0.2) is 49.3 Å². The zero-order valence-corrected chi connectivity index (χ0v) is 12.8. The van der Waals surface area contributed by atoms with Crippen molar-refractivity contribution in [3.8, 4) is 5.75 Å². The Balaban J connectivity index is 1.62. The van der Waals surface area contributed by atoms with Crippen molar-refractivity contribution in [2.75, 3.05) is 38.2 Å². The monoisotopic (exact) mass is 301 g/mol. The van der Waals surface area contributed by atoms with Gasteiger partial charge in [0.05, 0.1) is 13.3 Å². The first-order valence-electron chi connectivity index (χ1n) is 7.28. The second-order valence-electron chi connectivity index (χ2n) is 5.32. The smallest absolute Gasteiger partial charge is 0.292 e. The van der Waals surface area contributed by atoms with Crippen molar-refractivity contribution in [1.29, 1.82) is 0 Å². The molecule has 0 aliphatic carbocycles. The summed E-state index contributed by atoms with van der Waals surface area (Å²) in [5, 5.41) is 3.67. The molecule has 1 amide bonds. The molecule has 0 N–H and O–H groups in total. The fourth-order valence-electron chi connectivity index (χ4n) is 2.60. The Morgan fingerprint density at radius 2 is 1.86 bits per heavy atom. The van der Waals surface area contributed by atoms with Crippen LogP contribution in [0.15, 0.2) is 35.0 Å². The number of carbonyl (C=O) groups is 1. The summed E-state index contributed by atoms with van der Waals surface area (Å²) in [6.45, 7) is 4.77. The molecule has 2 aromatic rings. The van der Waals surface area contributed by atoms with E-state index in [2.05, 4.69) is 10.1 Å². The van der Waals surface area contributed by atoms with Crippen molar-refractivity contribution in [2.24, 2.45) is 0 Å². The van der Waals surface area contributed by atoms with Gasteiger partial charge in [0, 0.05) is 37.4 Å². The topological polar surface area (TPSA) is 58.8 Å². The van der Waals surface area contributed by atoms with Crippen LogP contribution in [0.1, 0.15) is 16.1 Å². The van der Waals surface area contributed by atoms with Gasteiger partial charge in [-0.1, -0.05) is 5.16 Å². The van der Waals surface area contributed by atoms with Gasteiger partial charge < -0.3 is 19.1 Å².